The Kier molecular flexibility index (Phi) is 8.69. The number of ether oxygens (including phenoxy) is 1. The molecule has 1 atom stereocenters. The number of hydrogen-bond acceptors (Lipinski definition) is 9. The van der Waals surface area contributed by atoms with E-state index in [1.54, 1.807) is 0 Å². The third-order valence-corrected chi connectivity index (χ3v) is 9.55. The fraction of sp³-hybridized carbons (Fsp3) is 0.324. The Morgan fingerprint density at radius 1 is 0.755 bits per heavy atom. The summed E-state index contributed by atoms with van der Waals surface area (Å²) >= 11 is 5.69. The van der Waals surface area contributed by atoms with Crippen LogP contribution < -0.4 is 30.5 Å². The first kappa shape index (κ1) is 31.1. The summed E-state index contributed by atoms with van der Waals surface area (Å²) in [7, 11) is 0. The van der Waals surface area contributed by atoms with Gasteiger partial charge >= 0.3 is 0 Å². The molecule has 0 radical (unpaired) electrons. The Labute approximate surface area is 291 Å². The van der Waals surface area contributed by atoms with Crippen LogP contribution >= 0.6 is 12.2 Å². The van der Waals surface area contributed by atoms with Crippen LogP contribution in [0.15, 0.2) is 78.9 Å². The largest absolute Gasteiger partial charge is 0.457 e. The first-order valence-electron chi connectivity index (χ1n) is 17.2. The molecular weight excluding hydrogens is 633 g/mol. The van der Waals surface area contributed by atoms with E-state index in [1.165, 1.54) is 12.8 Å². The molecule has 3 aromatic carbocycles. The predicted molar refractivity (Wildman–Crippen MR) is 198 cm³/mol. The minimum atomic E-state index is -0.190. The van der Waals surface area contributed by atoms with Gasteiger partial charge in [-0.05, 0) is 112 Å². The zero-order chi connectivity index (χ0) is 33.2. The van der Waals surface area contributed by atoms with E-state index < -0.39 is 0 Å². The van der Waals surface area contributed by atoms with Crippen LogP contribution in [0.5, 0.6) is 11.5 Å². The molecule has 250 valence electrons. The fourth-order valence-electron chi connectivity index (χ4n) is 6.87. The summed E-state index contributed by atoms with van der Waals surface area (Å²) in [5.41, 5.74) is 4.77. The van der Waals surface area contributed by atoms with Gasteiger partial charge in [0.1, 0.15) is 17.3 Å². The molecule has 3 N–H and O–H groups in total. The standard InChI is InChI=1S/C37H40N10OS/c1-25-31-32(26-12-11-15-30(24-26)48-29-13-5-2-6-14-29)39-37(49)40-33(31)47(44-25)28-18-16-27(17-19-28)38-34-41-35(45-20-7-3-8-21-45)43-36(42-34)46-22-9-4-10-23-46/h2,5-6,11-19,24,32H,3-4,7-10,20-23H2,1H3,(H2,39,40,49)(H,38,41,42,43). The molecule has 8 rings (SSSR count). The van der Waals surface area contributed by atoms with Crippen molar-refractivity contribution in [1.82, 2.24) is 30.0 Å². The fourth-order valence-corrected chi connectivity index (χ4v) is 7.08. The molecular formula is C37H40N10OS. The molecule has 0 spiro atoms. The van der Waals surface area contributed by atoms with E-state index in [9.17, 15) is 0 Å². The molecule has 49 heavy (non-hydrogen) atoms. The molecule has 2 fully saturated rings. The Balaban J connectivity index is 1.05. The van der Waals surface area contributed by atoms with Crippen molar-refractivity contribution in [1.29, 1.82) is 0 Å². The van der Waals surface area contributed by atoms with Crippen LogP contribution in [0.3, 0.4) is 0 Å². The number of para-hydroxylation sites is 1. The van der Waals surface area contributed by atoms with Crippen molar-refractivity contribution in [3.8, 4) is 17.2 Å². The van der Waals surface area contributed by atoms with Gasteiger partial charge in [-0.25, -0.2) is 4.68 Å². The number of rotatable bonds is 8. The van der Waals surface area contributed by atoms with E-state index in [2.05, 4.69) is 31.8 Å². The lowest BCUT2D eigenvalue weighted by atomic mass is 9.97. The monoisotopic (exact) mass is 672 g/mol. The SMILES string of the molecule is Cc1nn(-c2ccc(Nc3nc(N4CCCCC4)nc(N4CCCCC4)n3)cc2)c2c1C(c1cccc(Oc3ccccc3)c1)NC(=S)N2. The number of aromatic nitrogens is 5. The minimum absolute atomic E-state index is 0.190. The topological polar surface area (TPSA) is 108 Å². The van der Waals surface area contributed by atoms with Crippen LogP contribution in [-0.2, 0) is 0 Å². The second-order valence-corrected chi connectivity index (χ2v) is 13.2. The summed E-state index contributed by atoms with van der Waals surface area (Å²) in [6.07, 6.45) is 7.17. The van der Waals surface area contributed by atoms with Crippen LogP contribution in [-0.4, -0.2) is 56.0 Å². The van der Waals surface area contributed by atoms with Gasteiger partial charge in [-0.1, -0.05) is 30.3 Å². The Hall–Kier alpha value is -5.23. The molecule has 2 aromatic heterocycles. The first-order chi connectivity index (χ1) is 24.1. The average molecular weight is 673 g/mol. The quantitative estimate of drug-likeness (QED) is 0.145. The molecule has 2 saturated heterocycles. The molecule has 12 heteroatoms. The van der Waals surface area contributed by atoms with Gasteiger partial charge in [0.05, 0.1) is 17.4 Å². The van der Waals surface area contributed by atoms with Crippen molar-refractivity contribution >= 4 is 46.7 Å². The zero-order valence-electron chi connectivity index (χ0n) is 27.6. The summed E-state index contributed by atoms with van der Waals surface area (Å²) in [6, 6.07) is 25.9. The molecule has 11 nitrogen and oxygen atoms in total. The van der Waals surface area contributed by atoms with Crippen molar-refractivity contribution in [2.75, 3.05) is 46.6 Å². The van der Waals surface area contributed by atoms with Gasteiger partial charge < -0.3 is 30.5 Å². The number of fused-ring (bicyclic) bond motifs is 1. The second kappa shape index (κ2) is 13.7. The van der Waals surface area contributed by atoms with Gasteiger partial charge in [-0.2, -0.15) is 20.1 Å². The third-order valence-electron chi connectivity index (χ3n) is 9.33. The van der Waals surface area contributed by atoms with E-state index in [1.807, 2.05) is 84.4 Å². The number of nitrogens with one attached hydrogen (secondary N) is 3. The summed E-state index contributed by atoms with van der Waals surface area (Å²) in [5, 5.41) is 15.8. The van der Waals surface area contributed by atoms with Gasteiger partial charge in [0.2, 0.25) is 17.8 Å². The molecule has 5 heterocycles. The first-order valence-corrected chi connectivity index (χ1v) is 17.6. The number of nitrogens with zero attached hydrogens (tertiary/aromatic N) is 7. The Bertz CT molecular complexity index is 1900. The summed E-state index contributed by atoms with van der Waals surface area (Å²) in [5.74, 6) is 4.47. The molecule has 5 aromatic rings. The molecule has 0 aliphatic carbocycles. The lowest BCUT2D eigenvalue weighted by Gasteiger charge is -2.30. The van der Waals surface area contributed by atoms with Gasteiger partial charge in [-0.3, -0.25) is 0 Å². The Morgan fingerprint density at radius 3 is 2.08 bits per heavy atom. The number of benzene rings is 3. The van der Waals surface area contributed by atoms with Crippen molar-refractivity contribution < 1.29 is 4.74 Å². The smallest absolute Gasteiger partial charge is 0.233 e. The van der Waals surface area contributed by atoms with Crippen molar-refractivity contribution in [3.63, 3.8) is 0 Å². The van der Waals surface area contributed by atoms with E-state index in [-0.39, 0.29) is 6.04 Å². The Morgan fingerprint density at radius 2 is 1.41 bits per heavy atom. The summed E-state index contributed by atoms with van der Waals surface area (Å²) in [4.78, 5) is 19.3. The van der Waals surface area contributed by atoms with Gasteiger partial charge in [0.15, 0.2) is 5.11 Å². The normalized spacial score (nSPS) is 17.6. The van der Waals surface area contributed by atoms with E-state index in [0.717, 1.165) is 109 Å². The third kappa shape index (κ3) is 6.73. The van der Waals surface area contributed by atoms with Crippen LogP contribution in [0.25, 0.3) is 5.69 Å². The maximum atomic E-state index is 6.14. The van der Waals surface area contributed by atoms with Crippen molar-refractivity contribution in [2.24, 2.45) is 0 Å². The number of piperidine rings is 2. The number of thiocarbonyl (C=S) groups is 1. The van der Waals surface area contributed by atoms with Gasteiger partial charge in [-0.15, -0.1) is 0 Å². The highest BCUT2D eigenvalue weighted by Crippen LogP contribution is 2.37. The highest BCUT2D eigenvalue weighted by molar-refractivity contribution is 7.80. The van der Waals surface area contributed by atoms with E-state index in [4.69, 9.17) is 37.0 Å². The van der Waals surface area contributed by atoms with Crippen LogP contribution in [0.1, 0.15) is 61.4 Å². The zero-order valence-corrected chi connectivity index (χ0v) is 28.4. The summed E-state index contributed by atoms with van der Waals surface area (Å²) in [6.45, 7) is 5.94. The van der Waals surface area contributed by atoms with Crippen LogP contribution in [0.4, 0.5) is 29.4 Å². The van der Waals surface area contributed by atoms with Gasteiger partial charge in [0, 0.05) is 37.4 Å². The molecule has 0 saturated carbocycles. The molecule has 0 amide bonds. The molecule has 0 bridgehead atoms. The average Bonchev–Trinajstić information content (AvgIpc) is 3.48. The number of aryl methyl sites for hydroxylation is 1. The lowest BCUT2D eigenvalue weighted by molar-refractivity contribution is 0.481. The molecule has 3 aliphatic rings. The van der Waals surface area contributed by atoms with Crippen LogP contribution in [0, 0.1) is 6.92 Å². The van der Waals surface area contributed by atoms with Crippen molar-refractivity contribution in [2.45, 2.75) is 51.5 Å². The van der Waals surface area contributed by atoms with Gasteiger partial charge in [0.25, 0.3) is 0 Å². The molecule has 3 aliphatic heterocycles. The number of hydrogen-bond donors (Lipinski definition) is 3. The number of anilines is 5. The maximum absolute atomic E-state index is 6.14. The van der Waals surface area contributed by atoms with Crippen LogP contribution in [0.2, 0.25) is 0 Å². The van der Waals surface area contributed by atoms with E-state index >= 15 is 0 Å². The predicted octanol–water partition coefficient (Wildman–Crippen LogP) is 7.27. The summed E-state index contributed by atoms with van der Waals surface area (Å²) < 4.78 is 8.06. The highest BCUT2D eigenvalue weighted by atomic mass is 32.1. The maximum Gasteiger partial charge on any atom is 0.233 e. The minimum Gasteiger partial charge on any atom is -0.457 e. The second-order valence-electron chi connectivity index (χ2n) is 12.8. The highest BCUT2D eigenvalue weighted by Gasteiger charge is 2.31. The van der Waals surface area contributed by atoms with E-state index in [0.29, 0.717) is 11.1 Å². The lowest BCUT2D eigenvalue weighted by Crippen LogP contribution is -2.38. The molecule has 1 unspecified atom stereocenters. The van der Waals surface area contributed by atoms with Crippen molar-refractivity contribution in [3.05, 3.63) is 95.7 Å².